The molecule has 1 unspecified atom stereocenters. The standard InChI is InChI=1S/C10H17N5O3/c1-5-6(2)12-9-7(15(16)17)8(11-3)13-10(14-9)18-4/h6H,5H2,1-4H3,(H2,11,12,13,14). The summed E-state index contributed by atoms with van der Waals surface area (Å²) in [4.78, 5) is 18.4. The average molecular weight is 255 g/mol. The predicted molar refractivity (Wildman–Crippen MR) is 68.2 cm³/mol. The largest absolute Gasteiger partial charge is 0.467 e. The molecule has 1 aromatic heterocycles. The molecule has 0 aliphatic heterocycles. The molecule has 1 rings (SSSR count). The van der Waals surface area contributed by atoms with E-state index in [1.54, 1.807) is 7.05 Å². The lowest BCUT2D eigenvalue weighted by Gasteiger charge is -2.14. The summed E-state index contributed by atoms with van der Waals surface area (Å²) in [5.41, 5.74) is -0.182. The molecule has 1 aromatic rings. The summed E-state index contributed by atoms with van der Waals surface area (Å²) in [7, 11) is 2.97. The normalized spacial score (nSPS) is 11.8. The molecule has 2 N–H and O–H groups in total. The highest BCUT2D eigenvalue weighted by atomic mass is 16.6. The Labute approximate surface area is 105 Å². The lowest BCUT2D eigenvalue weighted by Crippen LogP contribution is -2.17. The first kappa shape index (κ1) is 13.9. The third-order valence-corrected chi connectivity index (χ3v) is 2.46. The topological polar surface area (TPSA) is 102 Å². The first-order chi connectivity index (χ1) is 8.53. The summed E-state index contributed by atoms with van der Waals surface area (Å²) in [5, 5.41) is 16.7. The van der Waals surface area contributed by atoms with E-state index in [2.05, 4.69) is 20.6 Å². The Morgan fingerprint density at radius 3 is 2.50 bits per heavy atom. The molecule has 0 bridgehead atoms. The molecule has 0 radical (unpaired) electrons. The van der Waals surface area contributed by atoms with Crippen LogP contribution in [0.5, 0.6) is 6.01 Å². The van der Waals surface area contributed by atoms with Crippen molar-refractivity contribution in [2.24, 2.45) is 0 Å². The van der Waals surface area contributed by atoms with Crippen LogP contribution >= 0.6 is 0 Å². The molecule has 1 heterocycles. The maximum atomic E-state index is 11.1. The number of hydrogen-bond donors (Lipinski definition) is 2. The number of anilines is 2. The van der Waals surface area contributed by atoms with Crippen molar-refractivity contribution in [2.75, 3.05) is 24.8 Å². The summed E-state index contributed by atoms with van der Waals surface area (Å²) < 4.78 is 4.92. The molecule has 0 saturated carbocycles. The van der Waals surface area contributed by atoms with Crippen LogP contribution in [0.25, 0.3) is 0 Å². The van der Waals surface area contributed by atoms with Gasteiger partial charge in [-0.1, -0.05) is 6.92 Å². The number of rotatable bonds is 6. The van der Waals surface area contributed by atoms with Crippen LogP contribution in [0, 0.1) is 10.1 Å². The van der Waals surface area contributed by atoms with E-state index in [9.17, 15) is 10.1 Å². The second-order valence-corrected chi connectivity index (χ2v) is 3.72. The number of ether oxygens (including phenoxy) is 1. The van der Waals surface area contributed by atoms with E-state index in [-0.39, 0.29) is 29.4 Å². The average Bonchev–Trinajstić information content (AvgIpc) is 2.36. The Hall–Kier alpha value is -2.12. The van der Waals surface area contributed by atoms with E-state index in [4.69, 9.17) is 4.74 Å². The van der Waals surface area contributed by atoms with Crippen molar-refractivity contribution in [2.45, 2.75) is 26.3 Å². The van der Waals surface area contributed by atoms with Crippen LogP contribution < -0.4 is 15.4 Å². The predicted octanol–water partition coefficient (Wildman–Crippen LogP) is 1.65. The molecule has 0 spiro atoms. The Bertz CT molecular complexity index is 438. The van der Waals surface area contributed by atoms with Crippen LogP contribution in [-0.2, 0) is 0 Å². The van der Waals surface area contributed by atoms with E-state index in [0.29, 0.717) is 0 Å². The second-order valence-electron chi connectivity index (χ2n) is 3.72. The minimum Gasteiger partial charge on any atom is -0.467 e. The molecule has 0 aliphatic carbocycles. The minimum absolute atomic E-state index is 0.0630. The van der Waals surface area contributed by atoms with Gasteiger partial charge in [-0.3, -0.25) is 10.1 Å². The molecule has 0 aromatic carbocycles. The van der Waals surface area contributed by atoms with Gasteiger partial charge in [0.2, 0.25) is 11.6 Å². The highest BCUT2D eigenvalue weighted by Gasteiger charge is 2.25. The van der Waals surface area contributed by atoms with Crippen molar-refractivity contribution >= 4 is 17.3 Å². The van der Waals surface area contributed by atoms with Gasteiger partial charge in [-0.05, 0) is 13.3 Å². The van der Waals surface area contributed by atoms with Crippen LogP contribution in [0.3, 0.4) is 0 Å². The third kappa shape index (κ3) is 2.96. The zero-order valence-electron chi connectivity index (χ0n) is 10.9. The molecule has 0 saturated heterocycles. The molecule has 18 heavy (non-hydrogen) atoms. The van der Waals surface area contributed by atoms with Crippen molar-refractivity contribution < 1.29 is 9.66 Å². The number of methoxy groups -OCH3 is 1. The van der Waals surface area contributed by atoms with E-state index in [1.165, 1.54) is 7.11 Å². The van der Waals surface area contributed by atoms with Gasteiger partial charge in [0, 0.05) is 13.1 Å². The molecular weight excluding hydrogens is 238 g/mol. The summed E-state index contributed by atoms with van der Waals surface area (Å²) in [5.74, 6) is 0.281. The number of hydrogen-bond acceptors (Lipinski definition) is 7. The van der Waals surface area contributed by atoms with E-state index < -0.39 is 4.92 Å². The Balaban J connectivity index is 3.29. The van der Waals surface area contributed by atoms with Crippen molar-refractivity contribution in [3.63, 3.8) is 0 Å². The van der Waals surface area contributed by atoms with Crippen LogP contribution in [0.4, 0.5) is 17.3 Å². The fourth-order valence-corrected chi connectivity index (χ4v) is 1.31. The van der Waals surface area contributed by atoms with Crippen LogP contribution in [-0.4, -0.2) is 35.1 Å². The molecule has 0 aliphatic rings. The van der Waals surface area contributed by atoms with Gasteiger partial charge in [0.05, 0.1) is 12.0 Å². The summed E-state index contributed by atoms with van der Waals surface area (Å²) in [6, 6.07) is 0.142. The first-order valence-corrected chi connectivity index (χ1v) is 5.58. The Morgan fingerprint density at radius 2 is 2.06 bits per heavy atom. The van der Waals surface area contributed by atoms with E-state index in [1.807, 2.05) is 13.8 Å². The number of aromatic nitrogens is 2. The van der Waals surface area contributed by atoms with Crippen LogP contribution in [0.15, 0.2) is 0 Å². The van der Waals surface area contributed by atoms with Gasteiger partial charge in [0.15, 0.2) is 0 Å². The maximum absolute atomic E-state index is 11.1. The number of nitrogens with zero attached hydrogens (tertiary/aromatic N) is 3. The monoisotopic (exact) mass is 255 g/mol. The highest BCUT2D eigenvalue weighted by molar-refractivity contribution is 5.70. The SMILES string of the molecule is CCC(C)Nc1nc(OC)nc(NC)c1[N+](=O)[O-]. The number of nitrogens with one attached hydrogen (secondary N) is 2. The van der Waals surface area contributed by atoms with Crippen molar-refractivity contribution in [1.82, 2.24) is 9.97 Å². The molecular formula is C10H17N5O3. The van der Waals surface area contributed by atoms with Gasteiger partial charge in [0.25, 0.3) is 0 Å². The minimum atomic E-state index is -0.518. The molecule has 1 atom stereocenters. The second kappa shape index (κ2) is 5.99. The fraction of sp³-hybridized carbons (Fsp3) is 0.600. The Kier molecular flexibility index (Phi) is 4.64. The molecule has 8 heteroatoms. The van der Waals surface area contributed by atoms with E-state index >= 15 is 0 Å². The lowest BCUT2D eigenvalue weighted by molar-refractivity contribution is -0.383. The van der Waals surface area contributed by atoms with Gasteiger partial charge in [-0.25, -0.2) is 0 Å². The molecule has 8 nitrogen and oxygen atoms in total. The molecule has 0 amide bonds. The van der Waals surface area contributed by atoms with E-state index in [0.717, 1.165) is 6.42 Å². The Morgan fingerprint density at radius 1 is 1.44 bits per heavy atom. The lowest BCUT2D eigenvalue weighted by atomic mass is 10.2. The third-order valence-electron chi connectivity index (χ3n) is 2.46. The fourth-order valence-electron chi connectivity index (χ4n) is 1.31. The van der Waals surface area contributed by atoms with Crippen LogP contribution in [0.2, 0.25) is 0 Å². The zero-order chi connectivity index (χ0) is 13.7. The first-order valence-electron chi connectivity index (χ1n) is 5.58. The van der Waals surface area contributed by atoms with Gasteiger partial charge in [0.1, 0.15) is 0 Å². The summed E-state index contributed by atoms with van der Waals surface area (Å²) in [6.07, 6.45) is 0.818. The smallest absolute Gasteiger partial charge is 0.353 e. The van der Waals surface area contributed by atoms with Gasteiger partial charge >= 0.3 is 11.7 Å². The number of nitro groups is 1. The van der Waals surface area contributed by atoms with Crippen molar-refractivity contribution in [1.29, 1.82) is 0 Å². The quantitative estimate of drug-likeness (QED) is 0.588. The van der Waals surface area contributed by atoms with Gasteiger partial charge in [-0.2, -0.15) is 9.97 Å². The summed E-state index contributed by atoms with van der Waals surface area (Å²) in [6.45, 7) is 3.89. The van der Waals surface area contributed by atoms with Gasteiger partial charge in [-0.15, -0.1) is 0 Å². The van der Waals surface area contributed by atoms with Crippen molar-refractivity contribution in [3.05, 3.63) is 10.1 Å². The molecule has 100 valence electrons. The van der Waals surface area contributed by atoms with Crippen molar-refractivity contribution in [3.8, 4) is 6.01 Å². The van der Waals surface area contributed by atoms with Gasteiger partial charge < -0.3 is 15.4 Å². The highest BCUT2D eigenvalue weighted by Crippen LogP contribution is 2.31. The summed E-state index contributed by atoms with van der Waals surface area (Å²) >= 11 is 0. The maximum Gasteiger partial charge on any atom is 0.353 e. The molecule has 0 fully saturated rings. The zero-order valence-corrected chi connectivity index (χ0v) is 10.9. The van der Waals surface area contributed by atoms with Crippen LogP contribution in [0.1, 0.15) is 20.3 Å².